The standard InChI is InChI=1S/C12H20N2O/c13-7-3-4-8-14-9-10-15-12-6-2-1-5-11(12)14/h11-12H,1-6,8-10H2. The molecule has 2 atom stereocenters. The number of morpholine rings is 1. The zero-order chi connectivity index (χ0) is 10.5. The van der Waals surface area contributed by atoms with Gasteiger partial charge in [0.05, 0.1) is 18.8 Å². The van der Waals surface area contributed by atoms with E-state index in [4.69, 9.17) is 10.00 Å². The van der Waals surface area contributed by atoms with Crippen molar-refractivity contribution in [3.63, 3.8) is 0 Å². The van der Waals surface area contributed by atoms with Gasteiger partial charge in [0.1, 0.15) is 0 Å². The number of rotatable bonds is 3. The summed E-state index contributed by atoms with van der Waals surface area (Å²) in [6.07, 6.45) is 7.38. The first-order chi connectivity index (χ1) is 7.42. The molecule has 0 N–H and O–H groups in total. The van der Waals surface area contributed by atoms with Crippen molar-refractivity contribution in [3.05, 3.63) is 0 Å². The van der Waals surface area contributed by atoms with E-state index in [1.54, 1.807) is 0 Å². The van der Waals surface area contributed by atoms with Gasteiger partial charge >= 0.3 is 0 Å². The van der Waals surface area contributed by atoms with Crippen LogP contribution in [-0.2, 0) is 4.74 Å². The number of nitriles is 1. The molecule has 3 nitrogen and oxygen atoms in total. The first kappa shape index (κ1) is 10.9. The van der Waals surface area contributed by atoms with Crippen molar-refractivity contribution in [2.75, 3.05) is 19.7 Å². The molecule has 2 fully saturated rings. The van der Waals surface area contributed by atoms with Crippen molar-refractivity contribution in [3.8, 4) is 6.07 Å². The second-order valence-corrected chi connectivity index (χ2v) is 4.56. The second-order valence-electron chi connectivity index (χ2n) is 4.56. The molecule has 1 saturated heterocycles. The highest BCUT2D eigenvalue weighted by Gasteiger charge is 2.33. The van der Waals surface area contributed by atoms with Crippen molar-refractivity contribution in [1.29, 1.82) is 5.26 Å². The molecular formula is C12H20N2O. The van der Waals surface area contributed by atoms with Crippen molar-refractivity contribution in [1.82, 2.24) is 4.90 Å². The highest BCUT2D eigenvalue weighted by molar-refractivity contribution is 4.87. The molecule has 0 radical (unpaired) electrons. The number of ether oxygens (including phenoxy) is 1. The van der Waals surface area contributed by atoms with Crippen LogP contribution in [0.15, 0.2) is 0 Å². The molecule has 2 unspecified atom stereocenters. The van der Waals surface area contributed by atoms with E-state index in [9.17, 15) is 0 Å². The molecule has 0 aromatic rings. The number of unbranched alkanes of at least 4 members (excludes halogenated alkanes) is 1. The maximum Gasteiger partial charge on any atom is 0.0730 e. The van der Waals surface area contributed by atoms with Crippen LogP contribution >= 0.6 is 0 Å². The molecule has 1 aliphatic heterocycles. The van der Waals surface area contributed by atoms with E-state index in [-0.39, 0.29) is 0 Å². The molecular weight excluding hydrogens is 188 g/mol. The minimum atomic E-state index is 0.481. The molecule has 0 aromatic carbocycles. The largest absolute Gasteiger partial charge is 0.375 e. The Kier molecular flexibility index (Phi) is 3.99. The maximum atomic E-state index is 8.53. The predicted molar refractivity (Wildman–Crippen MR) is 58.4 cm³/mol. The van der Waals surface area contributed by atoms with Gasteiger partial charge in [-0.3, -0.25) is 4.90 Å². The molecule has 0 amide bonds. The predicted octanol–water partition coefficient (Wildman–Crippen LogP) is 1.93. The van der Waals surface area contributed by atoms with Gasteiger partial charge in [-0.2, -0.15) is 5.26 Å². The van der Waals surface area contributed by atoms with Crippen LogP contribution in [0.1, 0.15) is 38.5 Å². The van der Waals surface area contributed by atoms with E-state index < -0.39 is 0 Å². The Labute approximate surface area is 92.0 Å². The smallest absolute Gasteiger partial charge is 0.0730 e. The fourth-order valence-corrected chi connectivity index (χ4v) is 2.82. The van der Waals surface area contributed by atoms with Crippen LogP contribution in [0.5, 0.6) is 0 Å². The molecule has 15 heavy (non-hydrogen) atoms. The highest BCUT2D eigenvalue weighted by Crippen LogP contribution is 2.28. The molecule has 0 bridgehead atoms. The van der Waals surface area contributed by atoms with Crippen LogP contribution in [0.25, 0.3) is 0 Å². The minimum absolute atomic E-state index is 0.481. The van der Waals surface area contributed by atoms with Gasteiger partial charge in [0.2, 0.25) is 0 Å². The molecule has 1 heterocycles. The van der Waals surface area contributed by atoms with Crippen LogP contribution in [0.2, 0.25) is 0 Å². The van der Waals surface area contributed by atoms with Crippen molar-refractivity contribution in [2.24, 2.45) is 0 Å². The Morgan fingerprint density at radius 1 is 1.33 bits per heavy atom. The Hall–Kier alpha value is -0.590. The minimum Gasteiger partial charge on any atom is -0.375 e. The summed E-state index contributed by atoms with van der Waals surface area (Å²) in [5.41, 5.74) is 0. The highest BCUT2D eigenvalue weighted by atomic mass is 16.5. The van der Waals surface area contributed by atoms with Crippen LogP contribution in [-0.4, -0.2) is 36.7 Å². The summed E-state index contributed by atoms with van der Waals surface area (Å²) in [5, 5.41) is 8.53. The molecule has 1 aliphatic carbocycles. The van der Waals surface area contributed by atoms with Gasteiger partial charge in [0.15, 0.2) is 0 Å². The average Bonchev–Trinajstić information content (AvgIpc) is 2.30. The summed E-state index contributed by atoms with van der Waals surface area (Å²) in [5.74, 6) is 0. The lowest BCUT2D eigenvalue weighted by molar-refractivity contribution is -0.0880. The third-order valence-corrected chi connectivity index (χ3v) is 3.58. The summed E-state index contributed by atoms with van der Waals surface area (Å²) < 4.78 is 5.81. The van der Waals surface area contributed by atoms with E-state index >= 15 is 0 Å². The van der Waals surface area contributed by atoms with Crippen LogP contribution < -0.4 is 0 Å². The zero-order valence-corrected chi connectivity index (χ0v) is 9.32. The quantitative estimate of drug-likeness (QED) is 0.665. The number of hydrogen-bond donors (Lipinski definition) is 0. The molecule has 0 spiro atoms. The van der Waals surface area contributed by atoms with Gasteiger partial charge in [-0.25, -0.2) is 0 Å². The normalized spacial score (nSPS) is 31.9. The van der Waals surface area contributed by atoms with E-state index in [0.717, 1.165) is 26.1 Å². The Balaban J connectivity index is 1.84. The third-order valence-electron chi connectivity index (χ3n) is 3.58. The Morgan fingerprint density at radius 2 is 2.20 bits per heavy atom. The van der Waals surface area contributed by atoms with Gasteiger partial charge in [0.25, 0.3) is 0 Å². The SMILES string of the molecule is N#CCCCN1CCOC2CCCCC21. The van der Waals surface area contributed by atoms with Gasteiger partial charge < -0.3 is 4.74 Å². The first-order valence-corrected chi connectivity index (χ1v) is 6.14. The fourth-order valence-electron chi connectivity index (χ4n) is 2.82. The molecule has 1 saturated carbocycles. The first-order valence-electron chi connectivity index (χ1n) is 6.14. The average molecular weight is 208 g/mol. The van der Waals surface area contributed by atoms with Gasteiger partial charge in [-0.1, -0.05) is 12.8 Å². The molecule has 0 aromatic heterocycles. The molecule has 2 rings (SSSR count). The van der Waals surface area contributed by atoms with Crippen molar-refractivity contribution < 1.29 is 4.74 Å². The van der Waals surface area contributed by atoms with E-state index in [0.29, 0.717) is 18.6 Å². The van der Waals surface area contributed by atoms with E-state index in [1.165, 1.54) is 25.7 Å². The number of nitrogens with zero attached hydrogens (tertiary/aromatic N) is 2. The van der Waals surface area contributed by atoms with Crippen LogP contribution in [0.4, 0.5) is 0 Å². The zero-order valence-electron chi connectivity index (χ0n) is 9.32. The van der Waals surface area contributed by atoms with Crippen molar-refractivity contribution in [2.45, 2.75) is 50.7 Å². The summed E-state index contributed by atoms with van der Waals surface area (Å²) >= 11 is 0. The maximum absolute atomic E-state index is 8.53. The summed E-state index contributed by atoms with van der Waals surface area (Å²) in [4.78, 5) is 2.55. The number of hydrogen-bond acceptors (Lipinski definition) is 3. The molecule has 84 valence electrons. The number of fused-ring (bicyclic) bond motifs is 1. The third kappa shape index (κ3) is 2.70. The topological polar surface area (TPSA) is 36.3 Å². The van der Waals surface area contributed by atoms with E-state index in [2.05, 4.69) is 11.0 Å². The lowest BCUT2D eigenvalue weighted by atomic mass is 9.90. The molecule has 2 aliphatic rings. The Bertz CT molecular complexity index is 234. The van der Waals surface area contributed by atoms with Crippen LogP contribution in [0, 0.1) is 11.3 Å². The fraction of sp³-hybridized carbons (Fsp3) is 0.917. The molecule has 3 heteroatoms. The van der Waals surface area contributed by atoms with Gasteiger partial charge in [0, 0.05) is 19.0 Å². The van der Waals surface area contributed by atoms with Crippen LogP contribution in [0.3, 0.4) is 0 Å². The summed E-state index contributed by atoms with van der Waals surface area (Å²) in [7, 11) is 0. The van der Waals surface area contributed by atoms with Crippen molar-refractivity contribution >= 4 is 0 Å². The summed E-state index contributed by atoms with van der Waals surface area (Å²) in [6, 6.07) is 2.87. The van der Waals surface area contributed by atoms with Gasteiger partial charge in [-0.15, -0.1) is 0 Å². The monoisotopic (exact) mass is 208 g/mol. The summed E-state index contributed by atoms with van der Waals surface area (Å²) in [6.45, 7) is 3.03. The Morgan fingerprint density at radius 3 is 3.07 bits per heavy atom. The lowest BCUT2D eigenvalue weighted by Gasteiger charge is -2.43. The second kappa shape index (κ2) is 5.48. The van der Waals surface area contributed by atoms with Gasteiger partial charge in [-0.05, 0) is 25.8 Å². The van der Waals surface area contributed by atoms with E-state index in [1.807, 2.05) is 0 Å². The lowest BCUT2D eigenvalue weighted by Crippen LogP contribution is -2.52.